The Morgan fingerprint density at radius 3 is 1.54 bits per heavy atom. The number of hydrogen-bond donors (Lipinski definition) is 1. The third-order valence-electron chi connectivity index (χ3n) is 4.40. The van der Waals surface area contributed by atoms with Crippen LogP contribution in [0.5, 0.6) is 0 Å². The van der Waals surface area contributed by atoms with E-state index >= 15 is 0 Å². The SMILES string of the molecule is Nc1cccc(-c2ccccc2)c1N(c1ccccc1)c1ccccc1. The summed E-state index contributed by atoms with van der Waals surface area (Å²) in [5.74, 6) is 0. The van der Waals surface area contributed by atoms with Gasteiger partial charge in [-0.3, -0.25) is 0 Å². The predicted octanol–water partition coefficient (Wildman–Crippen LogP) is 6.41. The standard InChI is InChI=1S/C24H20N2/c25-23-18-10-17-22(19-11-4-1-5-12-19)24(23)26(20-13-6-2-7-14-20)21-15-8-3-9-16-21/h1-18H,25H2. The van der Waals surface area contributed by atoms with Crippen LogP contribution < -0.4 is 10.6 Å². The lowest BCUT2D eigenvalue weighted by molar-refractivity contribution is 1.28. The van der Waals surface area contributed by atoms with Crippen molar-refractivity contribution in [2.24, 2.45) is 0 Å². The summed E-state index contributed by atoms with van der Waals surface area (Å²) >= 11 is 0. The van der Waals surface area contributed by atoms with Crippen molar-refractivity contribution in [3.05, 3.63) is 109 Å². The molecule has 0 aliphatic heterocycles. The summed E-state index contributed by atoms with van der Waals surface area (Å²) in [6.45, 7) is 0. The van der Waals surface area contributed by atoms with Gasteiger partial charge in [-0.15, -0.1) is 0 Å². The zero-order chi connectivity index (χ0) is 17.8. The fraction of sp³-hybridized carbons (Fsp3) is 0. The lowest BCUT2D eigenvalue weighted by Gasteiger charge is -2.29. The van der Waals surface area contributed by atoms with Crippen molar-refractivity contribution in [1.29, 1.82) is 0 Å². The fourth-order valence-electron chi connectivity index (χ4n) is 3.22. The zero-order valence-corrected chi connectivity index (χ0v) is 14.4. The molecule has 0 atom stereocenters. The maximum Gasteiger partial charge on any atom is 0.0770 e. The van der Waals surface area contributed by atoms with E-state index < -0.39 is 0 Å². The van der Waals surface area contributed by atoms with Gasteiger partial charge in [-0.2, -0.15) is 0 Å². The first-order valence-corrected chi connectivity index (χ1v) is 8.69. The second kappa shape index (κ2) is 7.16. The van der Waals surface area contributed by atoms with Crippen molar-refractivity contribution in [2.45, 2.75) is 0 Å². The van der Waals surface area contributed by atoms with Crippen LogP contribution in [0.15, 0.2) is 109 Å². The molecule has 0 unspecified atom stereocenters. The molecule has 0 aliphatic carbocycles. The molecule has 126 valence electrons. The van der Waals surface area contributed by atoms with Crippen LogP contribution in [0.4, 0.5) is 22.7 Å². The van der Waals surface area contributed by atoms with Crippen LogP contribution in [-0.2, 0) is 0 Å². The first-order chi connectivity index (χ1) is 12.8. The van der Waals surface area contributed by atoms with Gasteiger partial charge in [-0.1, -0.05) is 78.9 Å². The molecule has 0 aliphatic rings. The predicted molar refractivity (Wildman–Crippen MR) is 111 cm³/mol. The highest BCUT2D eigenvalue weighted by molar-refractivity contribution is 5.94. The Bertz CT molecular complexity index is 941. The van der Waals surface area contributed by atoms with Gasteiger partial charge in [0, 0.05) is 16.9 Å². The quantitative estimate of drug-likeness (QED) is 0.437. The third kappa shape index (κ3) is 3.05. The minimum absolute atomic E-state index is 0.749. The Balaban J connectivity index is 1.98. The van der Waals surface area contributed by atoms with Gasteiger partial charge in [0.05, 0.1) is 11.4 Å². The van der Waals surface area contributed by atoms with Crippen molar-refractivity contribution >= 4 is 22.7 Å². The fourth-order valence-corrected chi connectivity index (χ4v) is 3.22. The summed E-state index contributed by atoms with van der Waals surface area (Å²) in [7, 11) is 0. The number of anilines is 4. The molecular weight excluding hydrogens is 316 g/mol. The summed E-state index contributed by atoms with van der Waals surface area (Å²) in [4.78, 5) is 2.22. The summed E-state index contributed by atoms with van der Waals surface area (Å²) in [6, 6.07) is 37.1. The normalized spacial score (nSPS) is 10.5. The number of rotatable bonds is 4. The molecule has 2 nitrogen and oxygen atoms in total. The largest absolute Gasteiger partial charge is 0.397 e. The summed E-state index contributed by atoms with van der Waals surface area (Å²) in [5, 5.41) is 0. The highest BCUT2D eigenvalue weighted by Crippen LogP contribution is 2.43. The van der Waals surface area contributed by atoms with Crippen molar-refractivity contribution in [1.82, 2.24) is 0 Å². The summed E-state index contributed by atoms with van der Waals surface area (Å²) in [6.07, 6.45) is 0. The molecule has 4 aromatic carbocycles. The lowest BCUT2D eigenvalue weighted by atomic mass is 10.0. The van der Waals surface area contributed by atoms with Crippen LogP contribution in [0.1, 0.15) is 0 Å². The van der Waals surface area contributed by atoms with E-state index in [0.717, 1.165) is 33.9 Å². The number of para-hydroxylation sites is 3. The van der Waals surface area contributed by atoms with Crippen LogP contribution in [0, 0.1) is 0 Å². The Morgan fingerprint density at radius 2 is 1.00 bits per heavy atom. The Labute approximate surface area is 154 Å². The minimum atomic E-state index is 0.749. The lowest BCUT2D eigenvalue weighted by Crippen LogP contribution is -2.13. The molecule has 2 heteroatoms. The van der Waals surface area contributed by atoms with Crippen molar-refractivity contribution in [3.63, 3.8) is 0 Å². The van der Waals surface area contributed by atoms with Gasteiger partial charge in [-0.05, 0) is 35.9 Å². The van der Waals surface area contributed by atoms with Crippen LogP contribution in [0.2, 0.25) is 0 Å². The van der Waals surface area contributed by atoms with E-state index in [0.29, 0.717) is 0 Å². The molecule has 26 heavy (non-hydrogen) atoms. The number of hydrogen-bond acceptors (Lipinski definition) is 2. The number of benzene rings is 4. The van der Waals surface area contributed by atoms with Gasteiger partial charge >= 0.3 is 0 Å². The van der Waals surface area contributed by atoms with Gasteiger partial charge in [-0.25, -0.2) is 0 Å². The molecule has 0 bridgehead atoms. The van der Waals surface area contributed by atoms with E-state index in [9.17, 15) is 0 Å². The average Bonchev–Trinajstić information content (AvgIpc) is 2.72. The van der Waals surface area contributed by atoms with Crippen LogP contribution in [0.3, 0.4) is 0 Å². The minimum Gasteiger partial charge on any atom is -0.397 e. The van der Waals surface area contributed by atoms with Crippen LogP contribution >= 0.6 is 0 Å². The smallest absolute Gasteiger partial charge is 0.0770 e. The number of nitrogens with two attached hydrogens (primary N) is 1. The molecule has 2 N–H and O–H groups in total. The maximum atomic E-state index is 6.49. The molecule has 0 fully saturated rings. The van der Waals surface area contributed by atoms with Gasteiger partial charge in [0.25, 0.3) is 0 Å². The van der Waals surface area contributed by atoms with Crippen LogP contribution in [-0.4, -0.2) is 0 Å². The highest BCUT2D eigenvalue weighted by atomic mass is 15.2. The molecule has 0 saturated heterocycles. The number of nitrogen functional groups attached to an aromatic ring is 1. The van der Waals surface area contributed by atoms with Crippen molar-refractivity contribution in [2.75, 3.05) is 10.6 Å². The molecule has 0 radical (unpaired) electrons. The average molecular weight is 336 g/mol. The van der Waals surface area contributed by atoms with Crippen LogP contribution in [0.25, 0.3) is 11.1 Å². The molecule has 0 amide bonds. The summed E-state index contributed by atoms with van der Waals surface area (Å²) < 4.78 is 0. The van der Waals surface area contributed by atoms with Crippen molar-refractivity contribution < 1.29 is 0 Å². The molecule has 0 heterocycles. The third-order valence-corrected chi connectivity index (χ3v) is 4.40. The van der Waals surface area contributed by atoms with E-state index in [1.807, 2.05) is 54.6 Å². The Morgan fingerprint density at radius 1 is 0.500 bits per heavy atom. The molecule has 4 rings (SSSR count). The van der Waals surface area contributed by atoms with E-state index in [4.69, 9.17) is 5.73 Å². The molecule has 0 spiro atoms. The molecular formula is C24H20N2. The molecule has 0 aromatic heterocycles. The van der Waals surface area contributed by atoms with Gasteiger partial charge in [0.15, 0.2) is 0 Å². The molecule has 0 saturated carbocycles. The van der Waals surface area contributed by atoms with E-state index in [1.54, 1.807) is 0 Å². The first kappa shape index (κ1) is 16.0. The number of nitrogens with zero attached hydrogens (tertiary/aromatic N) is 1. The van der Waals surface area contributed by atoms with Gasteiger partial charge in [0.1, 0.15) is 0 Å². The summed E-state index contributed by atoms with van der Waals surface area (Å²) in [5.41, 5.74) is 12.6. The van der Waals surface area contributed by atoms with Gasteiger partial charge in [0.2, 0.25) is 0 Å². The monoisotopic (exact) mass is 336 g/mol. The van der Waals surface area contributed by atoms with Gasteiger partial charge < -0.3 is 10.6 Å². The Hall–Kier alpha value is -3.52. The molecule has 4 aromatic rings. The Kier molecular flexibility index (Phi) is 4.40. The van der Waals surface area contributed by atoms with E-state index in [1.165, 1.54) is 0 Å². The van der Waals surface area contributed by atoms with E-state index in [-0.39, 0.29) is 0 Å². The second-order valence-electron chi connectivity index (χ2n) is 6.12. The van der Waals surface area contributed by atoms with Crippen molar-refractivity contribution in [3.8, 4) is 11.1 Å². The first-order valence-electron chi connectivity index (χ1n) is 8.69. The second-order valence-corrected chi connectivity index (χ2v) is 6.12. The van der Waals surface area contributed by atoms with E-state index in [2.05, 4.69) is 59.5 Å². The zero-order valence-electron chi connectivity index (χ0n) is 14.4. The topological polar surface area (TPSA) is 29.3 Å². The highest BCUT2D eigenvalue weighted by Gasteiger charge is 2.19. The maximum absolute atomic E-state index is 6.49.